The highest BCUT2D eigenvalue weighted by atomic mass is 16.2. The Morgan fingerprint density at radius 1 is 0.958 bits per heavy atom. The molecule has 0 bridgehead atoms. The lowest BCUT2D eigenvalue weighted by Crippen LogP contribution is -2.50. The summed E-state index contributed by atoms with van der Waals surface area (Å²) in [5.41, 5.74) is 17.4. The van der Waals surface area contributed by atoms with E-state index in [0.717, 1.165) is 54.7 Å². The number of pyridine rings is 1. The Morgan fingerprint density at radius 2 is 1.69 bits per heavy atom. The maximum Gasteiger partial charge on any atom is 0.270 e. The number of carbonyl (C=O) groups is 3. The summed E-state index contributed by atoms with van der Waals surface area (Å²) in [7, 11) is 0. The van der Waals surface area contributed by atoms with Crippen molar-refractivity contribution < 1.29 is 14.4 Å². The number of benzene rings is 2. The second kappa shape index (κ2) is 14.9. The third-order valence-electron chi connectivity index (χ3n) is 9.45. The molecular formula is C35H42N10O3. The summed E-state index contributed by atoms with van der Waals surface area (Å²) in [4.78, 5) is 46.4. The number of amides is 3. The second-order valence-corrected chi connectivity index (χ2v) is 12.7. The van der Waals surface area contributed by atoms with Crippen LogP contribution in [0.15, 0.2) is 60.7 Å². The first-order chi connectivity index (χ1) is 23.3. The van der Waals surface area contributed by atoms with E-state index in [4.69, 9.17) is 11.5 Å². The van der Waals surface area contributed by atoms with E-state index in [-0.39, 0.29) is 30.2 Å². The van der Waals surface area contributed by atoms with Gasteiger partial charge in [-0.2, -0.15) is 5.21 Å². The van der Waals surface area contributed by atoms with Crippen LogP contribution in [0.3, 0.4) is 0 Å². The predicted molar refractivity (Wildman–Crippen MR) is 181 cm³/mol. The number of imide groups is 1. The lowest BCUT2D eigenvalue weighted by molar-refractivity contribution is -0.130. The molecule has 2 aromatic carbocycles. The number of tetrazole rings is 1. The van der Waals surface area contributed by atoms with Gasteiger partial charge in [-0.3, -0.25) is 14.4 Å². The van der Waals surface area contributed by atoms with Crippen molar-refractivity contribution in [3.8, 4) is 22.5 Å². The van der Waals surface area contributed by atoms with Gasteiger partial charge in [0, 0.05) is 35.3 Å². The summed E-state index contributed by atoms with van der Waals surface area (Å²) in [5.74, 6) is -0.349. The number of aryl methyl sites for hydroxylation is 1. The standard InChI is InChI=1S/C35H42N10O3/c1-21-29(14-15-31(39-21)33(46)40-27-16-17-38-20-27)24-6-2-22(3-7-24)18-30(37)35(48)45(34(47)26-8-4-23(19-36)5-9-26)28-12-10-25(11-13-28)32-41-43-44-42-32/h2-3,6-7,10-15,23,26-27,30,38H,4-5,8-9,16-20,36-37H2,1H3,(H,40,46)(H,41,42,43,44)/t23?,26?,27-,30+/m1/s1. The summed E-state index contributed by atoms with van der Waals surface area (Å²) < 4.78 is 0. The molecule has 2 fully saturated rings. The van der Waals surface area contributed by atoms with Gasteiger partial charge in [-0.1, -0.05) is 30.3 Å². The molecule has 1 saturated heterocycles. The van der Waals surface area contributed by atoms with Crippen molar-refractivity contribution in [2.75, 3.05) is 24.5 Å². The maximum atomic E-state index is 14.0. The highest BCUT2D eigenvalue weighted by Crippen LogP contribution is 2.32. The Bertz CT molecular complexity index is 1710. The monoisotopic (exact) mass is 650 g/mol. The van der Waals surface area contributed by atoms with Crippen molar-refractivity contribution >= 4 is 23.4 Å². The van der Waals surface area contributed by atoms with Gasteiger partial charge in [0.15, 0.2) is 0 Å². The van der Waals surface area contributed by atoms with Crippen molar-refractivity contribution in [1.82, 2.24) is 36.2 Å². The number of nitrogens with zero attached hydrogens (tertiary/aromatic N) is 5. The van der Waals surface area contributed by atoms with Crippen LogP contribution in [0.4, 0.5) is 5.69 Å². The minimum Gasteiger partial charge on any atom is -0.347 e. The van der Waals surface area contributed by atoms with Crippen molar-refractivity contribution in [2.45, 2.75) is 57.5 Å². The van der Waals surface area contributed by atoms with Gasteiger partial charge < -0.3 is 22.1 Å². The van der Waals surface area contributed by atoms with Crippen LogP contribution < -0.4 is 27.0 Å². The van der Waals surface area contributed by atoms with Gasteiger partial charge in [-0.05, 0) is 111 Å². The van der Waals surface area contributed by atoms with E-state index in [1.165, 1.54) is 4.90 Å². The van der Waals surface area contributed by atoms with E-state index >= 15 is 0 Å². The molecule has 4 aromatic rings. The minimum absolute atomic E-state index is 0.120. The van der Waals surface area contributed by atoms with Crippen LogP contribution >= 0.6 is 0 Å². The zero-order valence-electron chi connectivity index (χ0n) is 27.1. The molecule has 2 aromatic heterocycles. The molecule has 0 radical (unpaired) electrons. The van der Waals surface area contributed by atoms with Gasteiger partial charge >= 0.3 is 0 Å². The van der Waals surface area contributed by atoms with Crippen LogP contribution in [0.25, 0.3) is 22.5 Å². The highest BCUT2D eigenvalue weighted by Gasteiger charge is 2.35. The van der Waals surface area contributed by atoms with E-state index < -0.39 is 11.9 Å². The first kappa shape index (κ1) is 33.1. The van der Waals surface area contributed by atoms with Crippen molar-refractivity contribution in [3.63, 3.8) is 0 Å². The molecular weight excluding hydrogens is 608 g/mol. The number of hydrogen-bond donors (Lipinski definition) is 5. The number of nitrogens with one attached hydrogen (secondary N) is 3. The van der Waals surface area contributed by atoms with Crippen molar-refractivity contribution in [2.24, 2.45) is 23.3 Å². The summed E-state index contributed by atoms with van der Waals surface area (Å²) in [6.07, 6.45) is 4.22. The number of aromatic amines is 1. The highest BCUT2D eigenvalue weighted by molar-refractivity contribution is 6.17. The van der Waals surface area contributed by atoms with Crippen LogP contribution in [-0.4, -0.2) is 75.0 Å². The second-order valence-electron chi connectivity index (χ2n) is 12.7. The van der Waals surface area contributed by atoms with Gasteiger partial charge in [0.2, 0.25) is 11.7 Å². The van der Waals surface area contributed by atoms with E-state index in [9.17, 15) is 14.4 Å². The van der Waals surface area contributed by atoms with Crippen LogP contribution in [0, 0.1) is 18.8 Å². The average Bonchev–Trinajstić information content (AvgIpc) is 3.84. The van der Waals surface area contributed by atoms with Crippen LogP contribution in [0.1, 0.15) is 53.8 Å². The topological polar surface area (TPSA) is 198 Å². The first-order valence-electron chi connectivity index (χ1n) is 16.6. The lowest BCUT2D eigenvalue weighted by atomic mass is 9.81. The number of rotatable bonds is 10. The lowest BCUT2D eigenvalue weighted by Gasteiger charge is -2.32. The van der Waals surface area contributed by atoms with Crippen molar-refractivity contribution in [3.05, 3.63) is 77.6 Å². The minimum atomic E-state index is -0.951. The number of aromatic nitrogens is 5. The molecule has 1 aliphatic heterocycles. The number of carbonyl (C=O) groups excluding carboxylic acids is 3. The zero-order valence-corrected chi connectivity index (χ0v) is 27.1. The largest absolute Gasteiger partial charge is 0.347 e. The molecule has 13 heteroatoms. The van der Waals surface area contributed by atoms with Gasteiger partial charge in [0.1, 0.15) is 5.69 Å². The van der Waals surface area contributed by atoms with E-state index in [1.807, 2.05) is 37.3 Å². The number of H-pyrrole nitrogens is 1. The molecule has 3 amide bonds. The molecule has 250 valence electrons. The molecule has 48 heavy (non-hydrogen) atoms. The number of hydrogen-bond acceptors (Lipinski definition) is 10. The Hall–Kier alpha value is -4.85. The van der Waals surface area contributed by atoms with Crippen LogP contribution in [0.2, 0.25) is 0 Å². The summed E-state index contributed by atoms with van der Waals surface area (Å²) in [6, 6.07) is 17.5. The fourth-order valence-electron chi connectivity index (χ4n) is 6.59. The summed E-state index contributed by atoms with van der Waals surface area (Å²) >= 11 is 0. The zero-order chi connectivity index (χ0) is 33.6. The molecule has 0 spiro atoms. The molecule has 1 saturated carbocycles. The Morgan fingerprint density at radius 3 is 2.31 bits per heavy atom. The molecule has 2 aliphatic rings. The summed E-state index contributed by atoms with van der Waals surface area (Å²) in [6.45, 7) is 4.15. The third-order valence-corrected chi connectivity index (χ3v) is 9.45. The normalized spacial score (nSPS) is 19.9. The number of anilines is 1. The van der Waals surface area contributed by atoms with Crippen LogP contribution in [0.5, 0.6) is 0 Å². The van der Waals surface area contributed by atoms with Gasteiger partial charge in [0.05, 0.1) is 11.7 Å². The predicted octanol–water partition coefficient (Wildman–Crippen LogP) is 2.52. The molecule has 1 aliphatic carbocycles. The fraction of sp³-hybridized carbons (Fsp3) is 0.400. The molecule has 7 N–H and O–H groups in total. The Kier molecular flexibility index (Phi) is 10.3. The van der Waals surface area contributed by atoms with Crippen molar-refractivity contribution in [1.29, 1.82) is 0 Å². The van der Waals surface area contributed by atoms with Gasteiger partial charge in [-0.25, -0.2) is 9.88 Å². The summed E-state index contributed by atoms with van der Waals surface area (Å²) in [5, 5.41) is 20.3. The van der Waals surface area contributed by atoms with E-state index in [0.29, 0.717) is 48.1 Å². The molecule has 6 rings (SSSR count). The molecule has 2 atom stereocenters. The molecule has 13 nitrogen and oxygen atoms in total. The molecule has 0 unspecified atom stereocenters. The Labute approximate surface area is 279 Å². The number of nitrogens with two attached hydrogens (primary N) is 2. The quantitative estimate of drug-likeness (QED) is 0.170. The third kappa shape index (κ3) is 7.48. The van der Waals surface area contributed by atoms with Gasteiger partial charge in [0.25, 0.3) is 11.8 Å². The Balaban J connectivity index is 1.16. The smallest absolute Gasteiger partial charge is 0.270 e. The van der Waals surface area contributed by atoms with E-state index in [1.54, 1.807) is 30.3 Å². The van der Waals surface area contributed by atoms with Crippen LogP contribution in [-0.2, 0) is 16.0 Å². The SMILES string of the molecule is Cc1nc(C(=O)N[C@@H]2CCNC2)ccc1-c1ccc(C[C@H](N)C(=O)N(C(=O)C2CCC(CN)CC2)c2ccc(-c3nn[nH]n3)cc2)cc1. The van der Waals surface area contributed by atoms with Gasteiger partial charge in [-0.15, -0.1) is 10.2 Å². The maximum absolute atomic E-state index is 14.0. The molecule has 3 heterocycles. The van der Waals surface area contributed by atoms with E-state index in [2.05, 4.69) is 36.2 Å². The first-order valence-corrected chi connectivity index (χ1v) is 16.6. The average molecular weight is 651 g/mol. The fourth-order valence-corrected chi connectivity index (χ4v) is 6.59.